The van der Waals surface area contributed by atoms with Crippen LogP contribution in [0.1, 0.15) is 29.7 Å². The van der Waals surface area contributed by atoms with Crippen molar-refractivity contribution in [1.82, 2.24) is 4.72 Å². The Bertz CT molecular complexity index is 816. The highest BCUT2D eigenvalue weighted by Gasteiger charge is 2.34. The second-order valence-corrected chi connectivity index (χ2v) is 7.54. The number of nitrogens with two attached hydrogens (primary N) is 1. The second kappa shape index (κ2) is 5.96. The van der Waals surface area contributed by atoms with E-state index in [4.69, 9.17) is 5.73 Å². The molecule has 1 aliphatic rings. The number of rotatable bonds is 4. The van der Waals surface area contributed by atoms with Gasteiger partial charge in [0.2, 0.25) is 10.0 Å². The molecule has 122 valence electrons. The lowest BCUT2D eigenvalue weighted by molar-refractivity contribution is 0.151. The van der Waals surface area contributed by atoms with Gasteiger partial charge in [0.15, 0.2) is 0 Å². The summed E-state index contributed by atoms with van der Waals surface area (Å²) in [6, 6.07) is 11.4. The Labute approximate surface area is 136 Å². The molecule has 2 atom stereocenters. The first-order valence-electron chi connectivity index (χ1n) is 7.58. The smallest absolute Gasteiger partial charge is 0.241 e. The van der Waals surface area contributed by atoms with E-state index < -0.39 is 22.2 Å². The van der Waals surface area contributed by atoms with Crippen molar-refractivity contribution in [3.8, 4) is 0 Å². The molecule has 0 spiro atoms. The maximum absolute atomic E-state index is 12.6. The molecule has 1 aliphatic carbocycles. The fourth-order valence-corrected chi connectivity index (χ4v) is 4.17. The molecule has 0 unspecified atom stereocenters. The fraction of sp³-hybridized carbons (Fsp3) is 0.294. The van der Waals surface area contributed by atoms with Gasteiger partial charge in [0.25, 0.3) is 0 Å². The second-order valence-electron chi connectivity index (χ2n) is 5.83. The molecule has 3 rings (SSSR count). The van der Waals surface area contributed by atoms with Gasteiger partial charge in [-0.2, -0.15) is 0 Å². The van der Waals surface area contributed by atoms with Gasteiger partial charge in [0, 0.05) is 12.1 Å². The van der Waals surface area contributed by atoms with E-state index in [1.54, 1.807) is 36.4 Å². The summed E-state index contributed by atoms with van der Waals surface area (Å²) in [5.74, 6) is 0. The van der Waals surface area contributed by atoms with Crippen molar-refractivity contribution in [2.45, 2.75) is 36.8 Å². The molecule has 5 nitrogen and oxygen atoms in total. The zero-order valence-electron chi connectivity index (χ0n) is 12.9. The normalized spacial score (nSPS) is 20.4. The summed E-state index contributed by atoms with van der Waals surface area (Å²) < 4.78 is 27.8. The van der Waals surface area contributed by atoms with Crippen molar-refractivity contribution >= 4 is 15.7 Å². The van der Waals surface area contributed by atoms with Crippen LogP contribution in [0.2, 0.25) is 0 Å². The third-order valence-electron chi connectivity index (χ3n) is 4.24. The van der Waals surface area contributed by atoms with Crippen molar-refractivity contribution in [3.63, 3.8) is 0 Å². The topological polar surface area (TPSA) is 92.4 Å². The first-order valence-corrected chi connectivity index (χ1v) is 9.06. The van der Waals surface area contributed by atoms with Crippen LogP contribution >= 0.6 is 0 Å². The number of aliphatic hydroxyl groups excluding tert-OH is 1. The van der Waals surface area contributed by atoms with Crippen molar-refractivity contribution in [2.24, 2.45) is 0 Å². The number of nitrogen functional groups attached to an aromatic ring is 1. The molecule has 4 N–H and O–H groups in total. The highest BCUT2D eigenvalue weighted by molar-refractivity contribution is 7.89. The number of aryl methyl sites for hydroxylation is 1. The highest BCUT2D eigenvalue weighted by atomic mass is 32.2. The monoisotopic (exact) mass is 332 g/mol. The molecule has 0 amide bonds. The lowest BCUT2D eigenvalue weighted by atomic mass is 10.1. The van der Waals surface area contributed by atoms with Gasteiger partial charge in [-0.25, -0.2) is 13.1 Å². The Morgan fingerprint density at radius 3 is 2.57 bits per heavy atom. The van der Waals surface area contributed by atoms with Gasteiger partial charge < -0.3 is 10.8 Å². The molecule has 0 radical (unpaired) electrons. The zero-order chi connectivity index (χ0) is 16.6. The summed E-state index contributed by atoms with van der Waals surface area (Å²) in [5.41, 5.74) is 9.07. The summed E-state index contributed by atoms with van der Waals surface area (Å²) in [5, 5.41) is 10.2. The van der Waals surface area contributed by atoms with Gasteiger partial charge in [-0.05, 0) is 47.4 Å². The van der Waals surface area contributed by atoms with E-state index in [9.17, 15) is 13.5 Å². The van der Waals surface area contributed by atoms with Gasteiger partial charge >= 0.3 is 0 Å². The van der Waals surface area contributed by atoms with Crippen LogP contribution in [0.5, 0.6) is 0 Å². The number of hydrogen-bond acceptors (Lipinski definition) is 4. The Hall–Kier alpha value is -1.89. The molecule has 0 heterocycles. The number of sulfonamides is 1. The minimum Gasteiger partial charge on any atom is -0.399 e. The minimum absolute atomic E-state index is 0.194. The maximum Gasteiger partial charge on any atom is 0.241 e. The summed E-state index contributed by atoms with van der Waals surface area (Å²) in [4.78, 5) is 0.194. The maximum atomic E-state index is 12.6. The van der Waals surface area contributed by atoms with E-state index in [1.807, 2.05) is 13.0 Å². The van der Waals surface area contributed by atoms with Crippen molar-refractivity contribution in [1.29, 1.82) is 0 Å². The summed E-state index contributed by atoms with van der Waals surface area (Å²) in [6.07, 6.45) is 0.468. The largest absolute Gasteiger partial charge is 0.399 e. The van der Waals surface area contributed by atoms with Crippen LogP contribution in [0.3, 0.4) is 0 Å². The minimum atomic E-state index is -3.71. The Morgan fingerprint density at radius 1 is 1.22 bits per heavy atom. The van der Waals surface area contributed by atoms with Gasteiger partial charge in [-0.15, -0.1) is 0 Å². The average molecular weight is 332 g/mol. The predicted octanol–water partition coefficient (Wildman–Crippen LogP) is 1.77. The van der Waals surface area contributed by atoms with E-state index in [0.717, 1.165) is 23.1 Å². The predicted molar refractivity (Wildman–Crippen MR) is 89.4 cm³/mol. The lowest BCUT2D eigenvalue weighted by Crippen LogP contribution is -2.33. The molecule has 0 aliphatic heterocycles. The Morgan fingerprint density at radius 2 is 1.91 bits per heavy atom. The SMILES string of the molecule is CCc1ccc(S(=O)(=O)N[C@@H]2c3cc(N)ccc3C[C@H]2O)cc1. The highest BCUT2D eigenvalue weighted by Crippen LogP contribution is 2.34. The molecule has 23 heavy (non-hydrogen) atoms. The molecule has 0 saturated heterocycles. The standard InChI is InChI=1S/C17H20N2O3S/c1-2-11-3-7-14(8-4-11)23(21,22)19-17-15-10-13(18)6-5-12(15)9-16(17)20/h3-8,10,16-17,19-20H,2,9,18H2,1H3/t16-,17-/m1/s1. The summed E-state index contributed by atoms with van der Waals surface area (Å²) in [7, 11) is -3.71. The van der Waals surface area contributed by atoms with Gasteiger partial charge in [-0.3, -0.25) is 0 Å². The van der Waals surface area contributed by atoms with Crippen molar-refractivity contribution in [2.75, 3.05) is 5.73 Å². The first kappa shape index (κ1) is 16.0. The Balaban J connectivity index is 1.90. The quantitative estimate of drug-likeness (QED) is 0.744. The van der Waals surface area contributed by atoms with Crippen molar-refractivity contribution < 1.29 is 13.5 Å². The van der Waals surface area contributed by atoms with Gasteiger partial charge in [0.1, 0.15) is 0 Å². The average Bonchev–Trinajstić information content (AvgIpc) is 2.83. The van der Waals surface area contributed by atoms with Crippen LogP contribution in [0, 0.1) is 0 Å². The fourth-order valence-electron chi connectivity index (χ4n) is 2.92. The Kier molecular flexibility index (Phi) is 4.14. The summed E-state index contributed by atoms with van der Waals surface area (Å²) in [6.45, 7) is 2.01. The molecule has 6 heteroatoms. The third kappa shape index (κ3) is 3.10. The van der Waals surface area contributed by atoms with E-state index in [-0.39, 0.29) is 4.90 Å². The van der Waals surface area contributed by atoms with E-state index in [1.165, 1.54) is 0 Å². The molecule has 2 aromatic carbocycles. The first-order chi connectivity index (χ1) is 10.9. The number of hydrogen-bond donors (Lipinski definition) is 3. The van der Waals surface area contributed by atoms with Crippen LogP contribution in [-0.4, -0.2) is 19.6 Å². The number of anilines is 1. The van der Waals surface area contributed by atoms with Crippen LogP contribution in [0.25, 0.3) is 0 Å². The molecule has 0 fully saturated rings. The molecular formula is C17H20N2O3S. The molecule has 2 aromatic rings. The van der Waals surface area contributed by atoms with E-state index >= 15 is 0 Å². The van der Waals surface area contributed by atoms with Gasteiger partial charge in [-0.1, -0.05) is 25.1 Å². The molecule has 0 saturated carbocycles. The van der Waals surface area contributed by atoms with Gasteiger partial charge in [0.05, 0.1) is 17.0 Å². The van der Waals surface area contributed by atoms with E-state index in [2.05, 4.69) is 4.72 Å². The number of nitrogens with one attached hydrogen (secondary N) is 1. The van der Waals surface area contributed by atoms with E-state index in [0.29, 0.717) is 12.1 Å². The number of benzene rings is 2. The third-order valence-corrected chi connectivity index (χ3v) is 5.70. The summed E-state index contributed by atoms with van der Waals surface area (Å²) >= 11 is 0. The van der Waals surface area contributed by atoms with Crippen molar-refractivity contribution in [3.05, 3.63) is 59.2 Å². The lowest BCUT2D eigenvalue weighted by Gasteiger charge is -2.18. The number of aliphatic hydroxyl groups is 1. The van der Waals surface area contributed by atoms with Crippen LogP contribution in [-0.2, 0) is 22.9 Å². The molecule has 0 aromatic heterocycles. The van der Waals surface area contributed by atoms with Crippen LogP contribution in [0.15, 0.2) is 47.4 Å². The van der Waals surface area contributed by atoms with Crippen LogP contribution < -0.4 is 10.5 Å². The molecule has 0 bridgehead atoms. The number of fused-ring (bicyclic) bond motifs is 1. The zero-order valence-corrected chi connectivity index (χ0v) is 13.7. The van der Waals surface area contributed by atoms with Crippen LogP contribution in [0.4, 0.5) is 5.69 Å². The molecular weight excluding hydrogens is 312 g/mol.